The molecular formula is C36H40N2S. The number of allylic oxidation sites excluding steroid dienone is 7. The third-order valence-electron chi connectivity index (χ3n) is 8.08. The van der Waals surface area contributed by atoms with Crippen molar-refractivity contribution in [3.63, 3.8) is 0 Å². The molecule has 1 heterocycles. The van der Waals surface area contributed by atoms with Crippen LogP contribution in [0.3, 0.4) is 0 Å². The standard InChI is InChI=1S/C36H40N2S/c1-10-36(9,35(6,7)8)32-20-18-30(39-29-15-11-13-25(2)14-12-16-29)17-19-31(32)34-37-21-22-38(34)33-27(4)23-26(3)24-28(33)5/h11,13-14,16,18-24H,10H2,1-9H3/b25-13-. The fourth-order valence-corrected chi connectivity index (χ4v) is 6.12. The molecule has 0 N–H and O–H groups in total. The van der Waals surface area contributed by atoms with Gasteiger partial charge in [-0.25, -0.2) is 4.98 Å². The molecule has 39 heavy (non-hydrogen) atoms. The second-order valence-electron chi connectivity index (χ2n) is 11.8. The van der Waals surface area contributed by atoms with Crippen LogP contribution in [0, 0.1) is 31.6 Å². The maximum Gasteiger partial charge on any atom is 0.145 e. The minimum Gasteiger partial charge on any atom is -0.299 e. The fourth-order valence-electron chi connectivity index (χ4n) is 5.38. The van der Waals surface area contributed by atoms with Crippen LogP contribution in [0.15, 0.2) is 105 Å². The first-order chi connectivity index (χ1) is 18.4. The van der Waals surface area contributed by atoms with E-state index in [1.165, 1.54) is 28.0 Å². The van der Waals surface area contributed by atoms with E-state index in [9.17, 15) is 0 Å². The van der Waals surface area contributed by atoms with Gasteiger partial charge < -0.3 is 0 Å². The summed E-state index contributed by atoms with van der Waals surface area (Å²) in [4.78, 5) is 6.98. The topological polar surface area (TPSA) is 17.8 Å². The van der Waals surface area contributed by atoms with Gasteiger partial charge in [-0.05, 0) is 91.5 Å². The maximum atomic E-state index is 4.95. The number of thioether (sulfide) groups is 1. The van der Waals surface area contributed by atoms with Crippen molar-refractivity contribution in [2.75, 3.05) is 0 Å². The molecule has 0 amide bonds. The number of aromatic nitrogens is 2. The molecule has 1 atom stereocenters. The van der Waals surface area contributed by atoms with Crippen LogP contribution < -0.4 is 0 Å². The number of imidazole rings is 1. The summed E-state index contributed by atoms with van der Waals surface area (Å²) in [7, 11) is 0. The second-order valence-corrected chi connectivity index (χ2v) is 12.8. The smallest absolute Gasteiger partial charge is 0.145 e. The van der Waals surface area contributed by atoms with E-state index in [1.807, 2.05) is 24.4 Å². The van der Waals surface area contributed by atoms with Crippen LogP contribution in [0.5, 0.6) is 0 Å². The van der Waals surface area contributed by atoms with Crippen LogP contribution in [0.25, 0.3) is 11.3 Å². The third-order valence-corrected chi connectivity index (χ3v) is 9.01. The van der Waals surface area contributed by atoms with Crippen LogP contribution >= 0.6 is 11.8 Å². The number of aryl methyl sites for hydroxylation is 3. The Morgan fingerprint density at radius 1 is 0.897 bits per heavy atom. The Kier molecular flexibility index (Phi) is 8.31. The van der Waals surface area contributed by atoms with E-state index in [0.29, 0.717) is 0 Å². The van der Waals surface area contributed by atoms with E-state index < -0.39 is 0 Å². The predicted octanol–water partition coefficient (Wildman–Crippen LogP) is 10.1. The lowest BCUT2D eigenvalue weighted by molar-refractivity contribution is 0.152. The van der Waals surface area contributed by atoms with Gasteiger partial charge in [-0.2, -0.15) is 0 Å². The Hall–Kier alpha value is -3.44. The monoisotopic (exact) mass is 532 g/mol. The molecule has 0 bridgehead atoms. The molecule has 200 valence electrons. The minimum atomic E-state index is -0.0877. The molecule has 0 fully saturated rings. The molecule has 2 aliphatic carbocycles. The van der Waals surface area contributed by atoms with E-state index >= 15 is 0 Å². The molecule has 3 heteroatoms. The zero-order valence-electron chi connectivity index (χ0n) is 24.9. The first-order valence-corrected chi connectivity index (χ1v) is 14.5. The van der Waals surface area contributed by atoms with E-state index in [0.717, 1.165) is 33.2 Å². The molecule has 2 nitrogen and oxygen atoms in total. The van der Waals surface area contributed by atoms with Crippen molar-refractivity contribution in [3.8, 4) is 5.69 Å². The van der Waals surface area contributed by atoms with Gasteiger partial charge in [0.1, 0.15) is 5.82 Å². The SMILES string of the molecule is CCC(C)(C1=C(c2nccn2-c2c(C)cc(C)cc2C)C=C=C(SC2=C=C/C=C(/C)C=C=C2)C=C1)C(C)(C)C. The van der Waals surface area contributed by atoms with Gasteiger partial charge in [-0.1, -0.05) is 76.2 Å². The van der Waals surface area contributed by atoms with E-state index in [1.54, 1.807) is 11.8 Å². The Morgan fingerprint density at radius 3 is 2.28 bits per heavy atom. The highest BCUT2D eigenvalue weighted by Crippen LogP contribution is 2.51. The van der Waals surface area contributed by atoms with Crippen molar-refractivity contribution in [1.82, 2.24) is 9.55 Å². The van der Waals surface area contributed by atoms with Crippen LogP contribution in [-0.2, 0) is 0 Å². The average molecular weight is 533 g/mol. The molecule has 0 spiro atoms. The maximum absolute atomic E-state index is 4.95. The summed E-state index contributed by atoms with van der Waals surface area (Å²) in [5.74, 6) is 0.945. The Bertz CT molecular complexity index is 1570. The summed E-state index contributed by atoms with van der Waals surface area (Å²) < 4.78 is 2.25. The van der Waals surface area contributed by atoms with Gasteiger partial charge in [0.25, 0.3) is 0 Å². The van der Waals surface area contributed by atoms with Crippen molar-refractivity contribution in [2.45, 2.75) is 68.7 Å². The van der Waals surface area contributed by atoms with Gasteiger partial charge in [-0.15, -0.1) is 17.2 Å². The van der Waals surface area contributed by atoms with Crippen LogP contribution in [0.4, 0.5) is 0 Å². The Balaban J connectivity index is 1.92. The molecule has 0 saturated heterocycles. The molecule has 2 aliphatic rings. The normalized spacial score (nSPS) is 18.2. The van der Waals surface area contributed by atoms with Gasteiger partial charge in [-0.3, -0.25) is 4.57 Å². The molecule has 0 aliphatic heterocycles. The number of rotatable bonds is 6. The molecule has 2 aromatic rings. The average Bonchev–Trinajstić information content (AvgIpc) is 3.21. The van der Waals surface area contributed by atoms with Gasteiger partial charge >= 0.3 is 0 Å². The largest absolute Gasteiger partial charge is 0.299 e. The van der Waals surface area contributed by atoms with Crippen molar-refractivity contribution in [1.29, 1.82) is 0 Å². The van der Waals surface area contributed by atoms with Crippen molar-refractivity contribution < 1.29 is 0 Å². The van der Waals surface area contributed by atoms with E-state index in [2.05, 4.69) is 127 Å². The number of benzene rings is 1. The quantitative estimate of drug-likeness (QED) is 0.344. The van der Waals surface area contributed by atoms with E-state index in [4.69, 9.17) is 4.98 Å². The van der Waals surface area contributed by atoms with Gasteiger partial charge in [0.15, 0.2) is 0 Å². The summed E-state index contributed by atoms with van der Waals surface area (Å²) in [6.45, 7) is 20.3. The van der Waals surface area contributed by atoms with Crippen LogP contribution in [0.2, 0.25) is 0 Å². The molecule has 4 rings (SSSR count). The predicted molar refractivity (Wildman–Crippen MR) is 169 cm³/mol. The fraction of sp³-hybridized carbons (Fsp3) is 0.333. The first kappa shape index (κ1) is 28.6. The highest BCUT2D eigenvalue weighted by Gasteiger charge is 2.40. The summed E-state index contributed by atoms with van der Waals surface area (Å²) in [6, 6.07) is 4.50. The van der Waals surface area contributed by atoms with Crippen LogP contribution in [-0.4, -0.2) is 9.55 Å². The van der Waals surface area contributed by atoms with Gasteiger partial charge in [0.05, 0.1) is 15.5 Å². The minimum absolute atomic E-state index is 0.0355. The lowest BCUT2D eigenvalue weighted by atomic mass is 9.61. The second kappa shape index (κ2) is 11.4. The van der Waals surface area contributed by atoms with E-state index in [-0.39, 0.29) is 10.8 Å². The van der Waals surface area contributed by atoms with Gasteiger partial charge in [0.2, 0.25) is 0 Å². The highest BCUT2D eigenvalue weighted by atomic mass is 32.2. The van der Waals surface area contributed by atoms with Crippen molar-refractivity contribution >= 4 is 17.3 Å². The number of hydrogen-bond donors (Lipinski definition) is 0. The molecular weight excluding hydrogens is 492 g/mol. The summed E-state index contributed by atoms with van der Waals surface area (Å²) >= 11 is 1.65. The van der Waals surface area contributed by atoms with Crippen LogP contribution in [0.1, 0.15) is 70.5 Å². The lowest BCUT2D eigenvalue weighted by Crippen LogP contribution is -2.34. The Morgan fingerprint density at radius 2 is 1.62 bits per heavy atom. The number of nitrogens with zero attached hydrogens (tertiary/aromatic N) is 2. The lowest BCUT2D eigenvalue weighted by Gasteiger charge is -2.43. The molecule has 1 aromatic heterocycles. The van der Waals surface area contributed by atoms with Crippen molar-refractivity contribution in [2.24, 2.45) is 10.8 Å². The molecule has 0 saturated carbocycles. The number of hydrogen-bond acceptors (Lipinski definition) is 2. The summed E-state index contributed by atoms with van der Waals surface area (Å²) in [5, 5.41) is 0. The first-order valence-electron chi connectivity index (χ1n) is 13.7. The summed E-state index contributed by atoms with van der Waals surface area (Å²) in [6.07, 6.45) is 19.7. The molecule has 0 radical (unpaired) electrons. The third kappa shape index (κ3) is 5.94. The zero-order valence-corrected chi connectivity index (χ0v) is 25.7. The van der Waals surface area contributed by atoms with Crippen molar-refractivity contribution in [3.05, 3.63) is 128 Å². The van der Waals surface area contributed by atoms with Gasteiger partial charge in [0, 0.05) is 24.0 Å². The zero-order chi connectivity index (χ0) is 28.4. The molecule has 1 unspecified atom stereocenters. The Labute approximate surface area is 239 Å². The highest BCUT2D eigenvalue weighted by molar-refractivity contribution is 8.07. The molecule has 1 aromatic carbocycles. The summed E-state index contributed by atoms with van der Waals surface area (Å²) in [5.41, 5.74) is 18.7.